The molecule has 0 fully saturated rings. The van der Waals surface area contributed by atoms with Crippen LogP contribution in [0.2, 0.25) is 0 Å². The van der Waals surface area contributed by atoms with Gasteiger partial charge in [-0.2, -0.15) is 0 Å². The van der Waals surface area contributed by atoms with Gasteiger partial charge < -0.3 is 9.47 Å². The Morgan fingerprint density at radius 2 is 1.57 bits per heavy atom. The molecule has 3 aromatic rings. The van der Waals surface area contributed by atoms with E-state index in [0.29, 0.717) is 29.9 Å². The molecule has 0 atom stereocenters. The first-order valence-electron chi connectivity index (χ1n) is 9.64. The molecule has 4 heteroatoms. The van der Waals surface area contributed by atoms with Crippen LogP contribution in [-0.2, 0) is 0 Å². The molecule has 0 radical (unpaired) electrons. The van der Waals surface area contributed by atoms with Crippen molar-refractivity contribution in [3.8, 4) is 11.5 Å². The van der Waals surface area contributed by atoms with Gasteiger partial charge in [-0.05, 0) is 48.2 Å². The predicted molar refractivity (Wildman–Crippen MR) is 110 cm³/mol. The molecule has 0 amide bonds. The lowest BCUT2D eigenvalue weighted by molar-refractivity contribution is 0.0737. The summed E-state index contributed by atoms with van der Waals surface area (Å²) >= 11 is 0. The topological polar surface area (TPSA) is 52.6 Å². The third-order valence-corrected chi connectivity index (χ3v) is 4.57. The van der Waals surface area contributed by atoms with E-state index in [1.807, 2.05) is 37.3 Å². The van der Waals surface area contributed by atoms with Crippen molar-refractivity contribution >= 4 is 22.5 Å². The van der Waals surface area contributed by atoms with Crippen LogP contribution in [0.15, 0.2) is 60.7 Å². The van der Waals surface area contributed by atoms with Gasteiger partial charge in [0.15, 0.2) is 5.78 Å². The number of Topliss-reactive ketones (excluding diaryl/α,β-unsaturated/α-hetero) is 1. The van der Waals surface area contributed by atoms with Crippen molar-refractivity contribution in [3.05, 3.63) is 71.8 Å². The molecule has 3 rings (SSSR count). The van der Waals surface area contributed by atoms with Gasteiger partial charge in [0.1, 0.15) is 11.5 Å². The van der Waals surface area contributed by atoms with E-state index in [1.165, 1.54) is 0 Å². The van der Waals surface area contributed by atoms with Crippen molar-refractivity contribution in [3.63, 3.8) is 0 Å². The molecule has 0 saturated heterocycles. The Kier molecular flexibility index (Phi) is 6.43. The van der Waals surface area contributed by atoms with Crippen LogP contribution < -0.4 is 9.47 Å². The number of carbonyl (C=O) groups is 2. The fraction of sp³-hybridized carbons (Fsp3) is 0.250. The predicted octanol–water partition coefficient (Wildman–Crippen LogP) is 5.83. The smallest absolute Gasteiger partial charge is 0.344 e. The maximum Gasteiger partial charge on any atom is 0.344 e. The molecule has 0 aliphatic carbocycles. The van der Waals surface area contributed by atoms with Gasteiger partial charge in [-0.25, -0.2) is 4.79 Å². The van der Waals surface area contributed by atoms with Gasteiger partial charge in [-0.3, -0.25) is 4.79 Å². The molecule has 0 aliphatic rings. The Morgan fingerprint density at radius 3 is 2.25 bits per heavy atom. The van der Waals surface area contributed by atoms with Gasteiger partial charge in [-0.1, -0.05) is 44.5 Å². The number of carbonyl (C=O) groups excluding carboxylic acids is 2. The standard InChI is InChI=1S/C24H24O4/c1-3-5-16-27-23-15-14-21(19-8-6-7-9-20(19)23)24(26)28-18-12-10-17(11-13-18)22(25)4-2/h6-15H,3-5,16H2,1-2H3. The third kappa shape index (κ3) is 4.39. The summed E-state index contributed by atoms with van der Waals surface area (Å²) in [5.74, 6) is 0.793. The zero-order chi connectivity index (χ0) is 19.9. The second-order valence-electron chi connectivity index (χ2n) is 6.55. The van der Waals surface area contributed by atoms with E-state index in [1.54, 1.807) is 30.3 Å². The zero-order valence-corrected chi connectivity index (χ0v) is 16.2. The number of ether oxygens (including phenoxy) is 2. The molecular formula is C24H24O4. The minimum absolute atomic E-state index is 0.0579. The molecule has 0 spiro atoms. The highest BCUT2D eigenvalue weighted by Crippen LogP contribution is 2.29. The Bertz CT molecular complexity index is 974. The van der Waals surface area contributed by atoms with Crippen LogP contribution in [0.1, 0.15) is 53.8 Å². The molecular weight excluding hydrogens is 352 g/mol. The van der Waals surface area contributed by atoms with E-state index in [-0.39, 0.29) is 5.78 Å². The highest BCUT2D eigenvalue weighted by atomic mass is 16.5. The van der Waals surface area contributed by atoms with Gasteiger partial charge in [0.2, 0.25) is 0 Å². The average Bonchev–Trinajstić information content (AvgIpc) is 2.74. The Morgan fingerprint density at radius 1 is 0.857 bits per heavy atom. The van der Waals surface area contributed by atoms with Crippen molar-refractivity contribution in [2.45, 2.75) is 33.1 Å². The van der Waals surface area contributed by atoms with Crippen LogP contribution in [-0.4, -0.2) is 18.4 Å². The number of benzene rings is 3. The maximum absolute atomic E-state index is 12.7. The molecule has 0 N–H and O–H groups in total. The lowest BCUT2D eigenvalue weighted by atomic mass is 10.0. The van der Waals surface area contributed by atoms with Crippen LogP contribution in [0.4, 0.5) is 0 Å². The molecule has 144 valence electrons. The summed E-state index contributed by atoms with van der Waals surface area (Å²) in [6, 6.07) is 17.8. The summed E-state index contributed by atoms with van der Waals surface area (Å²) in [4.78, 5) is 24.5. The largest absolute Gasteiger partial charge is 0.493 e. The summed E-state index contributed by atoms with van der Waals surface area (Å²) in [6.45, 7) is 4.58. The molecule has 0 saturated carbocycles. The Labute approximate surface area is 165 Å². The number of unbranched alkanes of at least 4 members (excludes halogenated alkanes) is 1. The molecule has 0 aromatic heterocycles. The van der Waals surface area contributed by atoms with Crippen LogP contribution in [0.25, 0.3) is 10.8 Å². The quantitative estimate of drug-likeness (QED) is 0.215. The summed E-state index contributed by atoms with van der Waals surface area (Å²) in [5, 5.41) is 1.68. The monoisotopic (exact) mass is 376 g/mol. The number of hydrogen-bond donors (Lipinski definition) is 0. The SMILES string of the molecule is CCCCOc1ccc(C(=O)Oc2ccc(C(=O)CC)cc2)c2ccccc12. The summed E-state index contributed by atoms with van der Waals surface area (Å²) in [6.07, 6.45) is 2.48. The highest BCUT2D eigenvalue weighted by Gasteiger charge is 2.15. The van der Waals surface area contributed by atoms with Gasteiger partial charge in [-0.15, -0.1) is 0 Å². The number of esters is 1. The first kappa shape index (κ1) is 19.6. The number of fused-ring (bicyclic) bond motifs is 1. The second-order valence-corrected chi connectivity index (χ2v) is 6.55. The van der Waals surface area contributed by atoms with Crippen LogP contribution in [0.3, 0.4) is 0 Å². The lowest BCUT2D eigenvalue weighted by Crippen LogP contribution is -2.10. The molecule has 4 nitrogen and oxygen atoms in total. The average molecular weight is 376 g/mol. The zero-order valence-electron chi connectivity index (χ0n) is 16.2. The molecule has 28 heavy (non-hydrogen) atoms. The Balaban J connectivity index is 1.84. The van der Waals surface area contributed by atoms with Crippen LogP contribution in [0, 0.1) is 0 Å². The summed E-state index contributed by atoms with van der Waals surface area (Å²) in [5.41, 5.74) is 1.09. The minimum Gasteiger partial charge on any atom is -0.493 e. The number of rotatable bonds is 8. The first-order chi connectivity index (χ1) is 13.6. The van der Waals surface area contributed by atoms with Crippen LogP contribution >= 0.6 is 0 Å². The number of ketones is 1. The van der Waals surface area contributed by atoms with E-state index >= 15 is 0 Å². The van der Waals surface area contributed by atoms with E-state index in [0.717, 1.165) is 29.4 Å². The van der Waals surface area contributed by atoms with Crippen molar-refractivity contribution in [2.75, 3.05) is 6.61 Å². The Hall–Kier alpha value is -3.14. The van der Waals surface area contributed by atoms with Gasteiger partial charge in [0.25, 0.3) is 0 Å². The molecule has 3 aromatic carbocycles. The second kappa shape index (κ2) is 9.18. The van der Waals surface area contributed by atoms with Gasteiger partial charge in [0.05, 0.1) is 12.2 Å². The van der Waals surface area contributed by atoms with E-state index < -0.39 is 5.97 Å². The highest BCUT2D eigenvalue weighted by molar-refractivity contribution is 6.07. The molecule has 0 heterocycles. The van der Waals surface area contributed by atoms with E-state index in [2.05, 4.69) is 6.92 Å². The van der Waals surface area contributed by atoms with Crippen molar-refractivity contribution in [2.24, 2.45) is 0 Å². The van der Waals surface area contributed by atoms with E-state index in [9.17, 15) is 9.59 Å². The van der Waals surface area contributed by atoms with E-state index in [4.69, 9.17) is 9.47 Å². The van der Waals surface area contributed by atoms with Gasteiger partial charge in [0, 0.05) is 17.4 Å². The maximum atomic E-state index is 12.7. The fourth-order valence-electron chi connectivity index (χ4n) is 2.98. The number of hydrogen-bond acceptors (Lipinski definition) is 4. The van der Waals surface area contributed by atoms with Crippen molar-refractivity contribution < 1.29 is 19.1 Å². The van der Waals surface area contributed by atoms with Crippen LogP contribution in [0.5, 0.6) is 11.5 Å². The summed E-state index contributed by atoms with van der Waals surface area (Å²) < 4.78 is 11.4. The van der Waals surface area contributed by atoms with Crippen molar-refractivity contribution in [1.82, 2.24) is 0 Å². The fourth-order valence-corrected chi connectivity index (χ4v) is 2.98. The molecule has 0 unspecified atom stereocenters. The van der Waals surface area contributed by atoms with Crippen molar-refractivity contribution in [1.29, 1.82) is 0 Å². The lowest BCUT2D eigenvalue weighted by Gasteiger charge is -2.12. The summed E-state index contributed by atoms with van der Waals surface area (Å²) in [7, 11) is 0. The molecule has 0 aliphatic heterocycles. The molecule has 0 bridgehead atoms. The normalized spacial score (nSPS) is 10.6. The first-order valence-corrected chi connectivity index (χ1v) is 9.64. The van der Waals surface area contributed by atoms with Gasteiger partial charge >= 0.3 is 5.97 Å². The minimum atomic E-state index is -0.439. The third-order valence-electron chi connectivity index (χ3n) is 4.57.